The third-order valence-electron chi connectivity index (χ3n) is 3.82. The van der Waals surface area contributed by atoms with Crippen molar-refractivity contribution in [1.29, 1.82) is 0 Å². The summed E-state index contributed by atoms with van der Waals surface area (Å²) in [7, 11) is 0. The highest BCUT2D eigenvalue weighted by atomic mass is 19.1. The summed E-state index contributed by atoms with van der Waals surface area (Å²) in [4.78, 5) is 0. The number of phenols is 1. The van der Waals surface area contributed by atoms with Crippen LogP contribution in [0.2, 0.25) is 0 Å². The molecule has 0 unspecified atom stereocenters. The van der Waals surface area contributed by atoms with Crippen LogP contribution in [-0.4, -0.2) is 18.4 Å². The molecule has 0 amide bonds. The third kappa shape index (κ3) is 1.32. The van der Waals surface area contributed by atoms with E-state index in [4.69, 9.17) is 15.2 Å². The van der Waals surface area contributed by atoms with Gasteiger partial charge in [-0.1, -0.05) is 6.42 Å². The highest BCUT2D eigenvalue weighted by molar-refractivity contribution is 5.59. The summed E-state index contributed by atoms with van der Waals surface area (Å²) in [6, 6.07) is 1.16. The maximum atomic E-state index is 13.6. The maximum absolute atomic E-state index is 13.6. The maximum Gasteiger partial charge on any atom is 0.231 e. The molecule has 3 rings (SSSR count). The zero-order chi connectivity index (χ0) is 12.0. The van der Waals surface area contributed by atoms with Gasteiger partial charge in [-0.25, -0.2) is 4.39 Å². The summed E-state index contributed by atoms with van der Waals surface area (Å²) < 4.78 is 24.1. The number of halogens is 1. The van der Waals surface area contributed by atoms with Gasteiger partial charge >= 0.3 is 0 Å². The summed E-state index contributed by atoms with van der Waals surface area (Å²) in [5, 5.41) is 9.93. The first-order valence-electron chi connectivity index (χ1n) is 5.69. The molecule has 1 saturated carbocycles. The van der Waals surface area contributed by atoms with Crippen LogP contribution < -0.4 is 15.2 Å². The van der Waals surface area contributed by atoms with Gasteiger partial charge in [0.05, 0.1) is 5.56 Å². The highest BCUT2D eigenvalue weighted by Gasteiger charge is 2.44. The number of fused-ring (bicyclic) bond motifs is 1. The van der Waals surface area contributed by atoms with E-state index in [0.29, 0.717) is 23.6 Å². The molecule has 0 aromatic heterocycles. The number of hydrogen-bond acceptors (Lipinski definition) is 4. The SMILES string of the molecule is NCC1(c2c(O)c(F)cc3c2OCO3)CCC1. The van der Waals surface area contributed by atoms with Gasteiger partial charge in [-0.15, -0.1) is 0 Å². The molecule has 17 heavy (non-hydrogen) atoms. The van der Waals surface area contributed by atoms with Gasteiger partial charge in [0.2, 0.25) is 6.79 Å². The van der Waals surface area contributed by atoms with Crippen LogP contribution in [0.1, 0.15) is 24.8 Å². The highest BCUT2D eigenvalue weighted by Crippen LogP contribution is 2.54. The molecule has 0 saturated heterocycles. The lowest BCUT2D eigenvalue weighted by Gasteiger charge is -2.42. The lowest BCUT2D eigenvalue weighted by Crippen LogP contribution is -2.41. The number of nitrogens with two attached hydrogens (primary N) is 1. The molecule has 0 atom stereocenters. The van der Waals surface area contributed by atoms with Crippen molar-refractivity contribution < 1.29 is 19.0 Å². The van der Waals surface area contributed by atoms with E-state index in [2.05, 4.69) is 0 Å². The zero-order valence-electron chi connectivity index (χ0n) is 9.33. The fourth-order valence-corrected chi connectivity index (χ4v) is 2.65. The average molecular weight is 239 g/mol. The summed E-state index contributed by atoms with van der Waals surface area (Å²) in [6.45, 7) is 0.436. The van der Waals surface area contributed by atoms with Crippen LogP contribution in [0.3, 0.4) is 0 Å². The fourth-order valence-electron chi connectivity index (χ4n) is 2.65. The van der Waals surface area contributed by atoms with E-state index in [1.54, 1.807) is 0 Å². The van der Waals surface area contributed by atoms with Crippen LogP contribution in [0.4, 0.5) is 4.39 Å². The predicted octanol–water partition coefficient (Wildman–Crippen LogP) is 1.64. The Bertz CT molecular complexity index is 466. The lowest BCUT2D eigenvalue weighted by atomic mass is 9.64. The monoisotopic (exact) mass is 239 g/mol. The Morgan fingerprint density at radius 2 is 2.18 bits per heavy atom. The van der Waals surface area contributed by atoms with Crippen LogP contribution >= 0.6 is 0 Å². The Kier molecular flexibility index (Phi) is 2.19. The molecular formula is C12H14FNO3. The Morgan fingerprint density at radius 1 is 1.41 bits per heavy atom. The van der Waals surface area contributed by atoms with Crippen LogP contribution in [0, 0.1) is 5.82 Å². The number of benzene rings is 1. The summed E-state index contributed by atoms with van der Waals surface area (Å²) >= 11 is 0. The van der Waals surface area contributed by atoms with Crippen molar-refractivity contribution in [2.75, 3.05) is 13.3 Å². The first-order valence-corrected chi connectivity index (χ1v) is 5.69. The van der Waals surface area contributed by atoms with Gasteiger partial charge in [-0.05, 0) is 12.8 Å². The average Bonchev–Trinajstić information content (AvgIpc) is 2.69. The van der Waals surface area contributed by atoms with E-state index in [9.17, 15) is 9.50 Å². The fraction of sp³-hybridized carbons (Fsp3) is 0.500. The molecule has 1 aliphatic carbocycles. The van der Waals surface area contributed by atoms with Crippen molar-refractivity contribution in [2.24, 2.45) is 5.73 Å². The topological polar surface area (TPSA) is 64.7 Å². The number of phenolic OH excluding ortho intramolecular Hbond substituents is 1. The second-order valence-corrected chi connectivity index (χ2v) is 4.65. The van der Waals surface area contributed by atoms with Crippen LogP contribution in [-0.2, 0) is 5.41 Å². The third-order valence-corrected chi connectivity index (χ3v) is 3.82. The molecule has 1 aromatic rings. The molecule has 2 aliphatic rings. The van der Waals surface area contributed by atoms with Crippen molar-refractivity contribution in [3.8, 4) is 17.2 Å². The molecule has 4 nitrogen and oxygen atoms in total. The van der Waals surface area contributed by atoms with Crippen molar-refractivity contribution in [1.82, 2.24) is 0 Å². The molecule has 0 radical (unpaired) electrons. The number of ether oxygens (including phenoxy) is 2. The van der Waals surface area contributed by atoms with Crippen LogP contribution in [0.5, 0.6) is 17.2 Å². The predicted molar refractivity (Wildman–Crippen MR) is 58.8 cm³/mol. The van der Waals surface area contributed by atoms with Gasteiger partial charge in [0.1, 0.15) is 0 Å². The van der Waals surface area contributed by atoms with E-state index in [-0.39, 0.29) is 18.0 Å². The van der Waals surface area contributed by atoms with E-state index in [1.807, 2.05) is 0 Å². The first kappa shape index (κ1) is 10.7. The zero-order valence-corrected chi connectivity index (χ0v) is 9.33. The normalized spacial score (nSPS) is 20.1. The molecule has 0 bridgehead atoms. The molecule has 1 heterocycles. The molecule has 0 spiro atoms. The first-order chi connectivity index (χ1) is 8.18. The molecule has 92 valence electrons. The van der Waals surface area contributed by atoms with Gasteiger partial charge in [0.15, 0.2) is 23.1 Å². The largest absolute Gasteiger partial charge is 0.505 e. The lowest BCUT2D eigenvalue weighted by molar-refractivity contribution is 0.168. The summed E-state index contributed by atoms with van der Waals surface area (Å²) in [5.74, 6) is -0.215. The molecule has 5 heteroatoms. The second kappa shape index (κ2) is 3.50. The van der Waals surface area contributed by atoms with Gasteiger partial charge in [-0.2, -0.15) is 0 Å². The standard InChI is InChI=1S/C12H14FNO3/c13-7-4-8-11(17-6-16-8)9(10(7)15)12(5-14)2-1-3-12/h4,15H,1-3,5-6,14H2. The summed E-state index contributed by atoms with van der Waals surface area (Å²) in [6.07, 6.45) is 2.72. The minimum Gasteiger partial charge on any atom is -0.505 e. The van der Waals surface area contributed by atoms with E-state index >= 15 is 0 Å². The van der Waals surface area contributed by atoms with Crippen molar-refractivity contribution >= 4 is 0 Å². The Morgan fingerprint density at radius 3 is 2.76 bits per heavy atom. The molecule has 1 aliphatic heterocycles. The van der Waals surface area contributed by atoms with E-state index in [0.717, 1.165) is 25.3 Å². The van der Waals surface area contributed by atoms with Crippen molar-refractivity contribution in [2.45, 2.75) is 24.7 Å². The van der Waals surface area contributed by atoms with E-state index in [1.165, 1.54) is 0 Å². The molecule has 1 fully saturated rings. The van der Waals surface area contributed by atoms with Gasteiger partial charge in [-0.3, -0.25) is 0 Å². The van der Waals surface area contributed by atoms with Crippen LogP contribution in [0.15, 0.2) is 6.07 Å². The smallest absolute Gasteiger partial charge is 0.231 e. The van der Waals surface area contributed by atoms with E-state index < -0.39 is 5.82 Å². The second-order valence-electron chi connectivity index (χ2n) is 4.65. The minimum atomic E-state index is -0.677. The Labute approximate surface area is 98.1 Å². The molecular weight excluding hydrogens is 225 g/mol. The van der Waals surface area contributed by atoms with Gasteiger partial charge in [0.25, 0.3) is 0 Å². The number of rotatable bonds is 2. The Hall–Kier alpha value is -1.49. The van der Waals surface area contributed by atoms with Gasteiger partial charge in [0, 0.05) is 18.0 Å². The number of aromatic hydroxyl groups is 1. The van der Waals surface area contributed by atoms with Crippen molar-refractivity contribution in [3.63, 3.8) is 0 Å². The van der Waals surface area contributed by atoms with Gasteiger partial charge < -0.3 is 20.3 Å². The molecule has 1 aromatic carbocycles. The van der Waals surface area contributed by atoms with Crippen LogP contribution in [0.25, 0.3) is 0 Å². The minimum absolute atomic E-state index is 0.0614. The number of hydrogen-bond donors (Lipinski definition) is 2. The Balaban J connectivity index is 2.21. The summed E-state index contributed by atoms with van der Waals surface area (Å²) in [5.41, 5.74) is 5.91. The quantitative estimate of drug-likeness (QED) is 0.823. The van der Waals surface area contributed by atoms with Crippen molar-refractivity contribution in [3.05, 3.63) is 17.4 Å². The molecule has 3 N–H and O–H groups in total.